The van der Waals surface area contributed by atoms with Crippen molar-refractivity contribution >= 4 is 23.5 Å². The van der Waals surface area contributed by atoms with Crippen LogP contribution < -0.4 is 10.6 Å². The number of carboxylic acids is 1. The number of benzene rings is 2. The monoisotopic (exact) mass is 417 g/mol. The third-order valence-electron chi connectivity index (χ3n) is 4.24. The van der Waals surface area contributed by atoms with Crippen molar-refractivity contribution < 1.29 is 28.8 Å². The van der Waals surface area contributed by atoms with E-state index in [4.69, 9.17) is 0 Å². The quantitative estimate of drug-likeness (QED) is 0.418. The first kappa shape index (κ1) is 22.5. The molecule has 0 fully saturated rings. The predicted molar refractivity (Wildman–Crippen MR) is 104 cm³/mol. The van der Waals surface area contributed by atoms with Gasteiger partial charge < -0.3 is 15.7 Å². The van der Waals surface area contributed by atoms with Crippen LogP contribution in [-0.2, 0) is 27.2 Å². The SMILES string of the molecule is CC(=O)N[C@H](Cc1ccccc1)C(=O)N[C@@H](Cc1ccc(F)c([N+](=O)[O-])c1)C(=O)O. The Morgan fingerprint density at radius 1 is 1.03 bits per heavy atom. The lowest BCUT2D eigenvalue weighted by atomic mass is 10.0. The average Bonchev–Trinajstić information content (AvgIpc) is 2.68. The van der Waals surface area contributed by atoms with E-state index in [-0.39, 0.29) is 18.4 Å². The maximum atomic E-state index is 13.5. The molecule has 0 aliphatic rings. The van der Waals surface area contributed by atoms with E-state index >= 15 is 0 Å². The van der Waals surface area contributed by atoms with Crippen molar-refractivity contribution in [3.05, 3.63) is 75.6 Å². The fraction of sp³-hybridized carbons (Fsp3) is 0.250. The number of hydrogen-bond donors (Lipinski definition) is 3. The lowest BCUT2D eigenvalue weighted by Gasteiger charge is -2.21. The number of rotatable bonds is 9. The Morgan fingerprint density at radius 2 is 1.67 bits per heavy atom. The second-order valence-corrected chi connectivity index (χ2v) is 6.59. The number of hydrogen-bond acceptors (Lipinski definition) is 5. The third kappa shape index (κ3) is 6.36. The number of carbonyl (C=O) groups excluding carboxylic acids is 2. The number of carbonyl (C=O) groups is 3. The van der Waals surface area contributed by atoms with Crippen LogP contribution in [-0.4, -0.2) is 39.9 Å². The molecule has 0 saturated heterocycles. The van der Waals surface area contributed by atoms with Gasteiger partial charge in [-0.3, -0.25) is 19.7 Å². The van der Waals surface area contributed by atoms with Gasteiger partial charge in [-0.05, 0) is 17.2 Å². The van der Waals surface area contributed by atoms with E-state index in [2.05, 4.69) is 10.6 Å². The zero-order chi connectivity index (χ0) is 22.3. The van der Waals surface area contributed by atoms with Crippen molar-refractivity contribution in [1.82, 2.24) is 10.6 Å². The molecule has 0 unspecified atom stereocenters. The van der Waals surface area contributed by atoms with Crippen LogP contribution in [0.3, 0.4) is 0 Å². The normalized spacial score (nSPS) is 12.5. The predicted octanol–water partition coefficient (Wildman–Crippen LogP) is 1.59. The fourth-order valence-corrected chi connectivity index (χ4v) is 2.84. The van der Waals surface area contributed by atoms with Crippen LogP contribution in [0.15, 0.2) is 48.5 Å². The van der Waals surface area contributed by atoms with Gasteiger partial charge >= 0.3 is 11.7 Å². The van der Waals surface area contributed by atoms with Gasteiger partial charge in [-0.1, -0.05) is 36.4 Å². The molecule has 2 rings (SSSR count). The van der Waals surface area contributed by atoms with Gasteiger partial charge in [-0.25, -0.2) is 4.79 Å². The summed E-state index contributed by atoms with van der Waals surface area (Å²) in [5.74, 6) is -3.62. The van der Waals surface area contributed by atoms with Crippen LogP contribution in [0.5, 0.6) is 0 Å². The molecule has 0 saturated carbocycles. The van der Waals surface area contributed by atoms with E-state index in [0.717, 1.165) is 17.7 Å². The molecule has 9 nitrogen and oxygen atoms in total. The van der Waals surface area contributed by atoms with Gasteiger partial charge in [0.05, 0.1) is 4.92 Å². The summed E-state index contributed by atoms with van der Waals surface area (Å²) in [5.41, 5.74) is 0.130. The summed E-state index contributed by atoms with van der Waals surface area (Å²) in [6.45, 7) is 1.23. The lowest BCUT2D eigenvalue weighted by molar-refractivity contribution is -0.387. The van der Waals surface area contributed by atoms with E-state index in [1.54, 1.807) is 30.3 Å². The number of nitro groups is 1. The van der Waals surface area contributed by atoms with Crippen LogP contribution >= 0.6 is 0 Å². The van der Waals surface area contributed by atoms with Crippen LogP contribution in [0.25, 0.3) is 0 Å². The zero-order valence-corrected chi connectivity index (χ0v) is 16.0. The molecule has 0 heterocycles. The van der Waals surface area contributed by atoms with Gasteiger partial charge in [0.2, 0.25) is 17.6 Å². The largest absolute Gasteiger partial charge is 0.480 e. The fourth-order valence-electron chi connectivity index (χ4n) is 2.84. The highest BCUT2D eigenvalue weighted by molar-refractivity contribution is 5.90. The minimum atomic E-state index is -1.44. The van der Waals surface area contributed by atoms with Gasteiger partial charge in [0.25, 0.3) is 0 Å². The van der Waals surface area contributed by atoms with Gasteiger partial charge in [-0.15, -0.1) is 0 Å². The number of amides is 2. The summed E-state index contributed by atoms with van der Waals surface area (Å²) >= 11 is 0. The van der Waals surface area contributed by atoms with E-state index in [0.29, 0.717) is 0 Å². The maximum Gasteiger partial charge on any atom is 0.326 e. The molecule has 30 heavy (non-hydrogen) atoms. The summed E-state index contributed by atoms with van der Waals surface area (Å²) in [6, 6.07) is 9.38. The molecule has 0 aliphatic heterocycles. The van der Waals surface area contributed by atoms with Crippen molar-refractivity contribution in [3.8, 4) is 0 Å². The molecular weight excluding hydrogens is 397 g/mol. The highest BCUT2D eigenvalue weighted by Crippen LogP contribution is 2.19. The van der Waals surface area contributed by atoms with Crippen LogP contribution in [0, 0.1) is 15.9 Å². The summed E-state index contributed by atoms with van der Waals surface area (Å²) < 4.78 is 13.5. The molecule has 2 aromatic rings. The van der Waals surface area contributed by atoms with Crippen LogP contribution in [0.1, 0.15) is 18.1 Å². The Bertz CT molecular complexity index is 951. The number of nitrogens with one attached hydrogen (secondary N) is 2. The van der Waals surface area contributed by atoms with Gasteiger partial charge in [-0.2, -0.15) is 4.39 Å². The smallest absolute Gasteiger partial charge is 0.326 e. The Balaban J connectivity index is 2.17. The topological polar surface area (TPSA) is 139 Å². The Morgan fingerprint density at radius 3 is 2.23 bits per heavy atom. The maximum absolute atomic E-state index is 13.5. The van der Waals surface area contributed by atoms with Gasteiger partial charge in [0.1, 0.15) is 12.1 Å². The highest BCUT2D eigenvalue weighted by atomic mass is 19.1. The van der Waals surface area contributed by atoms with Crippen LogP contribution in [0.2, 0.25) is 0 Å². The van der Waals surface area contributed by atoms with Crippen molar-refractivity contribution in [1.29, 1.82) is 0 Å². The molecule has 0 aromatic heterocycles. The molecule has 158 valence electrons. The van der Waals surface area contributed by atoms with Gasteiger partial charge in [0.15, 0.2) is 0 Å². The van der Waals surface area contributed by atoms with E-state index in [1.165, 1.54) is 13.0 Å². The van der Waals surface area contributed by atoms with Crippen LogP contribution in [0.4, 0.5) is 10.1 Å². The van der Waals surface area contributed by atoms with E-state index in [1.807, 2.05) is 0 Å². The molecule has 10 heteroatoms. The molecule has 0 aliphatic carbocycles. The molecule has 0 spiro atoms. The number of aliphatic carboxylic acids is 1. The number of nitro benzene ring substituents is 1. The summed E-state index contributed by atoms with van der Waals surface area (Å²) in [6.07, 6.45) is -0.166. The minimum Gasteiger partial charge on any atom is -0.480 e. The van der Waals surface area contributed by atoms with E-state index in [9.17, 15) is 34.0 Å². The molecule has 0 radical (unpaired) electrons. The summed E-state index contributed by atoms with van der Waals surface area (Å²) in [5, 5.41) is 25.2. The second-order valence-electron chi connectivity index (χ2n) is 6.59. The highest BCUT2D eigenvalue weighted by Gasteiger charge is 2.27. The first-order chi connectivity index (χ1) is 14.2. The molecule has 3 N–H and O–H groups in total. The number of halogens is 1. The van der Waals surface area contributed by atoms with Crippen molar-refractivity contribution in [2.45, 2.75) is 31.8 Å². The first-order valence-electron chi connectivity index (χ1n) is 8.94. The van der Waals surface area contributed by atoms with Crippen molar-refractivity contribution in [2.75, 3.05) is 0 Å². The Labute approximate surface area is 171 Å². The molecular formula is C20H20FN3O6. The standard InChI is InChI=1S/C20H20FN3O6/c1-12(25)22-16(9-13-5-3-2-4-6-13)19(26)23-17(20(27)28)10-14-7-8-15(21)18(11-14)24(29)30/h2-8,11,16-17H,9-10H2,1H3,(H,22,25)(H,23,26)(H,27,28)/t16-,17+/m1/s1. The third-order valence-corrected chi connectivity index (χ3v) is 4.24. The summed E-state index contributed by atoms with van der Waals surface area (Å²) in [7, 11) is 0. The van der Waals surface area contributed by atoms with E-state index < -0.39 is 46.3 Å². The Kier molecular flexibility index (Phi) is 7.56. The Hall–Kier alpha value is -3.82. The minimum absolute atomic E-state index is 0.139. The molecule has 2 aromatic carbocycles. The molecule has 0 bridgehead atoms. The van der Waals surface area contributed by atoms with Crippen molar-refractivity contribution in [2.24, 2.45) is 0 Å². The zero-order valence-electron chi connectivity index (χ0n) is 16.0. The number of nitrogens with zero attached hydrogens (tertiary/aromatic N) is 1. The summed E-state index contributed by atoms with van der Waals surface area (Å²) in [4.78, 5) is 45.7. The molecule has 2 amide bonds. The number of carboxylic acid groups (broad SMARTS) is 1. The van der Waals surface area contributed by atoms with Gasteiger partial charge in [0, 0.05) is 25.8 Å². The van der Waals surface area contributed by atoms with Crippen molar-refractivity contribution in [3.63, 3.8) is 0 Å². The lowest BCUT2D eigenvalue weighted by Crippen LogP contribution is -2.52. The molecule has 2 atom stereocenters. The average molecular weight is 417 g/mol. The first-order valence-corrected chi connectivity index (χ1v) is 8.94. The second kappa shape index (κ2) is 10.1.